The molecule has 0 bridgehead atoms. The quantitative estimate of drug-likeness (QED) is 0.126. The third kappa shape index (κ3) is 13.1. The SMILES string of the molecule is c1ccc(-n2c3ccccc3c3ccc4c(c5ccc6ccccc6c5n4-c4ccc(-c5cccc6c5sc5ccccc56)cc4)c32)cc1.c1ccc(N(c2ccccc2)c2ccc(-n3c4ccc5c6ccccc6n(-c6ccccc6)c5c4c4ccc5ccccc5c43)cc2)cc1.c1ccc2c(c1)ccc1cc(-n3c4ccc5c6ccccc6n(-c6ccc7c(ccc8ccccc87)c6)c5c4c4ccc5ccccc5c43)ccc12. The molecule has 0 aliphatic heterocycles. The van der Waals surface area contributed by atoms with E-state index in [0.29, 0.717) is 0 Å². The molecule has 33 aromatic rings. The van der Waals surface area contributed by atoms with Gasteiger partial charge in [0.05, 0.1) is 66.2 Å². The standard InChI is InChI=1S/C50H30N2.C46H31N3.C46H28N2S/c1-4-12-38-31(9-1)17-19-34-29-36(22-25-40(34)38)51-46-16-8-7-15-43(46)44-27-28-47-48(50(44)51)45-24-21-33-11-3-6-14-42(33)49(45)52(47)37-23-26-41-35(30-37)20-18-32-10-2-5-13-39(32)41;1-4-15-33(16-5-1)47(34-17-6-2-7-18-34)36-25-27-37(28-26-36)49-43-31-30-40-39-22-12-13-23-42(39)48(35-19-8-3-9-20-35)46(40)44(43)41-29-24-32-14-10-11-21-38(32)45(41)49;1-2-12-31(13-3-1)47-40-19-8-6-15-35(40)37-27-28-41-43(45(37)47)39-26-23-29-11-4-5-14-33(29)44(39)48(41)32-24-21-30(22-25-32)34-17-10-18-38-36-16-7-9-20-42(36)49-46(34)38/h1-30H;1-31H;1-28H. The predicted octanol–water partition coefficient (Wildman–Crippen LogP) is 39.2. The highest BCUT2D eigenvalue weighted by atomic mass is 32.1. The third-order valence-corrected chi connectivity index (χ3v) is 32.8. The van der Waals surface area contributed by atoms with Gasteiger partial charge < -0.3 is 32.3 Å². The molecule has 150 heavy (non-hydrogen) atoms. The topological polar surface area (TPSA) is 32.8 Å². The van der Waals surface area contributed by atoms with Crippen LogP contribution in [0.3, 0.4) is 0 Å². The number of aromatic nitrogens is 6. The number of hydrogen-bond donors (Lipinski definition) is 0. The van der Waals surface area contributed by atoms with Crippen LogP contribution >= 0.6 is 11.3 Å². The Hall–Kier alpha value is -19.6. The molecule has 0 unspecified atom stereocenters. The first-order valence-corrected chi connectivity index (χ1v) is 52.4. The van der Waals surface area contributed by atoms with Crippen LogP contribution in [0.2, 0.25) is 0 Å². The third-order valence-electron chi connectivity index (χ3n) is 31.6. The Balaban J connectivity index is 0.000000101. The Morgan fingerprint density at radius 3 is 0.840 bits per heavy atom. The van der Waals surface area contributed by atoms with E-state index in [-0.39, 0.29) is 0 Å². The second-order valence-electron chi connectivity index (χ2n) is 39.6. The largest absolute Gasteiger partial charge is 0.311 e. The van der Waals surface area contributed by atoms with Crippen molar-refractivity contribution in [2.45, 2.75) is 0 Å². The van der Waals surface area contributed by atoms with E-state index in [2.05, 4.69) is 572 Å². The molecule has 7 aromatic heterocycles. The van der Waals surface area contributed by atoms with Crippen molar-refractivity contribution in [1.82, 2.24) is 27.4 Å². The number of rotatable bonds is 10. The van der Waals surface area contributed by atoms with Gasteiger partial charge in [-0.1, -0.05) is 388 Å². The first-order valence-electron chi connectivity index (χ1n) is 51.6. The summed E-state index contributed by atoms with van der Waals surface area (Å²) < 4.78 is 17.6. The van der Waals surface area contributed by atoms with E-state index in [1.807, 2.05) is 11.3 Å². The first-order chi connectivity index (χ1) is 74.5. The van der Waals surface area contributed by atoms with Crippen molar-refractivity contribution in [3.8, 4) is 45.3 Å². The van der Waals surface area contributed by atoms with Gasteiger partial charge in [-0.05, 0) is 222 Å². The molecule has 0 aliphatic carbocycles. The summed E-state index contributed by atoms with van der Waals surface area (Å²) in [5, 5.41) is 35.4. The minimum Gasteiger partial charge on any atom is -0.311 e. The van der Waals surface area contributed by atoms with Gasteiger partial charge in [0.25, 0.3) is 0 Å². The molecule has 0 radical (unpaired) electrons. The van der Waals surface area contributed by atoms with Crippen molar-refractivity contribution in [1.29, 1.82) is 0 Å². The van der Waals surface area contributed by atoms with E-state index in [4.69, 9.17) is 0 Å². The molecule has 698 valence electrons. The van der Waals surface area contributed by atoms with Crippen molar-refractivity contribution < 1.29 is 0 Å². The molecular weight excluding hydrogens is 1840 g/mol. The van der Waals surface area contributed by atoms with E-state index < -0.39 is 0 Å². The number of para-hydroxylation sites is 7. The minimum atomic E-state index is 1.11. The maximum atomic E-state index is 2.51. The Morgan fingerprint density at radius 1 is 0.147 bits per heavy atom. The molecule has 0 aliphatic rings. The molecule has 0 saturated carbocycles. The smallest absolute Gasteiger partial charge is 0.0641 e. The molecule has 0 amide bonds. The summed E-state index contributed by atoms with van der Waals surface area (Å²) in [4.78, 5) is 2.31. The second-order valence-corrected chi connectivity index (χ2v) is 40.6. The average molecular weight is 1930 g/mol. The molecule has 33 rings (SSSR count). The Labute approximate surface area is 865 Å². The van der Waals surface area contributed by atoms with Gasteiger partial charge in [-0.25, -0.2) is 0 Å². The highest BCUT2D eigenvalue weighted by Gasteiger charge is 2.29. The fourth-order valence-electron chi connectivity index (χ4n) is 25.1. The zero-order chi connectivity index (χ0) is 98.3. The van der Waals surface area contributed by atoms with Gasteiger partial charge in [0.1, 0.15) is 0 Å². The van der Waals surface area contributed by atoms with Crippen LogP contribution in [0, 0.1) is 0 Å². The maximum Gasteiger partial charge on any atom is 0.0641 e. The van der Waals surface area contributed by atoms with Crippen molar-refractivity contribution >= 4 is 255 Å². The van der Waals surface area contributed by atoms with E-state index in [0.717, 1.165) is 34.1 Å². The predicted molar refractivity (Wildman–Crippen MR) is 641 cm³/mol. The van der Waals surface area contributed by atoms with Gasteiger partial charge in [0.15, 0.2) is 0 Å². The van der Waals surface area contributed by atoms with E-state index in [1.54, 1.807) is 0 Å². The normalized spacial score (nSPS) is 12.0. The number of fused-ring (bicyclic) bond motifs is 36. The van der Waals surface area contributed by atoms with Crippen molar-refractivity contribution in [2.75, 3.05) is 4.90 Å². The Morgan fingerprint density at radius 2 is 0.420 bits per heavy atom. The molecule has 0 spiro atoms. The van der Waals surface area contributed by atoms with E-state index in [1.165, 1.54) is 255 Å². The minimum absolute atomic E-state index is 1.11. The van der Waals surface area contributed by atoms with Gasteiger partial charge in [-0.2, -0.15) is 0 Å². The molecular formula is C142H89N7S. The summed E-state index contributed by atoms with van der Waals surface area (Å²) >= 11 is 1.88. The second kappa shape index (κ2) is 34.0. The number of thiophene rings is 1. The summed E-state index contributed by atoms with van der Waals surface area (Å²) in [7, 11) is 0. The van der Waals surface area contributed by atoms with Crippen molar-refractivity contribution in [3.63, 3.8) is 0 Å². The lowest BCUT2D eigenvalue weighted by molar-refractivity contribution is 1.17. The molecule has 0 saturated heterocycles. The lowest BCUT2D eigenvalue weighted by atomic mass is 10.0. The molecule has 0 N–H and O–H groups in total. The lowest BCUT2D eigenvalue weighted by Crippen LogP contribution is -2.09. The number of anilines is 3. The van der Waals surface area contributed by atoms with Crippen LogP contribution < -0.4 is 4.90 Å². The van der Waals surface area contributed by atoms with Crippen LogP contribution in [-0.2, 0) is 0 Å². The van der Waals surface area contributed by atoms with Crippen LogP contribution in [-0.4, -0.2) is 27.4 Å². The zero-order valence-electron chi connectivity index (χ0n) is 81.4. The Kier molecular flexibility index (Phi) is 19.2. The summed E-state index contributed by atoms with van der Waals surface area (Å²) in [6.07, 6.45) is 0. The molecule has 0 atom stereocenters. The molecule has 0 fully saturated rings. The van der Waals surface area contributed by atoms with Crippen molar-refractivity contribution in [2.24, 2.45) is 0 Å². The van der Waals surface area contributed by atoms with Crippen molar-refractivity contribution in [3.05, 3.63) is 540 Å². The fraction of sp³-hybridized carbons (Fsp3) is 0. The first kappa shape index (κ1) is 84.8. The van der Waals surface area contributed by atoms with Gasteiger partial charge in [-0.15, -0.1) is 11.3 Å². The molecule has 7 nitrogen and oxygen atoms in total. The van der Waals surface area contributed by atoms with Crippen LogP contribution in [0.25, 0.3) is 272 Å². The lowest BCUT2D eigenvalue weighted by Gasteiger charge is -2.25. The van der Waals surface area contributed by atoms with E-state index in [9.17, 15) is 0 Å². The summed E-state index contributed by atoms with van der Waals surface area (Å²) in [5.74, 6) is 0. The Bertz CT molecular complexity index is 11300. The van der Waals surface area contributed by atoms with Gasteiger partial charge in [0, 0.05) is 152 Å². The number of hydrogen-bond acceptors (Lipinski definition) is 2. The highest BCUT2D eigenvalue weighted by Crippen LogP contribution is 2.52. The molecule has 7 heterocycles. The summed E-state index contributed by atoms with van der Waals surface area (Å²) in [6.45, 7) is 0. The summed E-state index contributed by atoms with van der Waals surface area (Å²) in [6, 6.07) is 197. The van der Waals surface area contributed by atoms with Crippen LogP contribution in [0.15, 0.2) is 540 Å². The summed E-state index contributed by atoms with van der Waals surface area (Å²) in [5.41, 5.74) is 27.5. The maximum absolute atomic E-state index is 2.51. The van der Waals surface area contributed by atoms with Gasteiger partial charge >= 0.3 is 0 Å². The van der Waals surface area contributed by atoms with Gasteiger partial charge in [-0.3, -0.25) is 0 Å². The van der Waals surface area contributed by atoms with Crippen LogP contribution in [0.1, 0.15) is 0 Å². The number of nitrogens with zero attached hydrogens (tertiary/aromatic N) is 7. The monoisotopic (exact) mass is 1920 g/mol. The molecule has 8 heteroatoms. The number of benzene rings is 26. The van der Waals surface area contributed by atoms with Gasteiger partial charge in [0.2, 0.25) is 0 Å². The highest BCUT2D eigenvalue weighted by molar-refractivity contribution is 7.26. The average Bonchev–Trinajstić information content (AvgIpc) is 1.54. The molecule has 26 aromatic carbocycles. The fourth-order valence-corrected chi connectivity index (χ4v) is 26.3. The zero-order valence-corrected chi connectivity index (χ0v) is 82.2. The van der Waals surface area contributed by atoms with Crippen LogP contribution in [0.5, 0.6) is 0 Å². The van der Waals surface area contributed by atoms with Crippen LogP contribution in [0.4, 0.5) is 17.1 Å². The van der Waals surface area contributed by atoms with E-state index >= 15 is 0 Å².